The largest absolute Gasteiger partial charge is 0.463 e. The molecule has 1 aromatic rings. The summed E-state index contributed by atoms with van der Waals surface area (Å²) >= 11 is 0. The molecule has 1 unspecified atom stereocenters. The van der Waals surface area contributed by atoms with Gasteiger partial charge in [-0.25, -0.2) is 4.79 Å². The maximum atomic E-state index is 12.3. The predicted molar refractivity (Wildman–Crippen MR) is 73.5 cm³/mol. The van der Waals surface area contributed by atoms with E-state index in [2.05, 4.69) is 0 Å². The van der Waals surface area contributed by atoms with E-state index in [0.29, 0.717) is 12.2 Å². The van der Waals surface area contributed by atoms with Crippen LogP contribution >= 0.6 is 0 Å². The third-order valence-electron chi connectivity index (χ3n) is 3.91. The summed E-state index contributed by atoms with van der Waals surface area (Å²) in [6.45, 7) is 2.31. The number of rotatable bonds is 5. The number of benzene rings is 1. The van der Waals surface area contributed by atoms with Crippen molar-refractivity contribution in [2.24, 2.45) is 5.92 Å². The molecule has 1 aromatic carbocycles. The SMILES string of the molecule is CCCOC(=O)C(O)(c1ccccc1)C1CCCC1. The molecule has 19 heavy (non-hydrogen) atoms. The van der Waals surface area contributed by atoms with Crippen molar-refractivity contribution in [3.63, 3.8) is 0 Å². The van der Waals surface area contributed by atoms with Crippen LogP contribution in [0.1, 0.15) is 44.6 Å². The van der Waals surface area contributed by atoms with Crippen LogP contribution in [0.5, 0.6) is 0 Å². The fraction of sp³-hybridized carbons (Fsp3) is 0.562. The van der Waals surface area contributed by atoms with E-state index < -0.39 is 11.6 Å². The van der Waals surface area contributed by atoms with Gasteiger partial charge in [0.1, 0.15) is 0 Å². The average Bonchev–Trinajstić information content (AvgIpc) is 2.99. The summed E-state index contributed by atoms with van der Waals surface area (Å²) < 4.78 is 5.23. The number of aliphatic hydroxyl groups is 1. The molecule has 0 heterocycles. The van der Waals surface area contributed by atoms with E-state index in [1.807, 2.05) is 37.3 Å². The van der Waals surface area contributed by atoms with Crippen LogP contribution in [0.4, 0.5) is 0 Å². The van der Waals surface area contributed by atoms with Gasteiger partial charge in [-0.05, 0) is 24.8 Å². The topological polar surface area (TPSA) is 46.5 Å². The van der Waals surface area contributed by atoms with Gasteiger partial charge in [-0.15, -0.1) is 0 Å². The highest BCUT2D eigenvalue weighted by Gasteiger charge is 2.47. The molecule has 3 heteroatoms. The van der Waals surface area contributed by atoms with Crippen molar-refractivity contribution in [2.45, 2.75) is 44.6 Å². The number of carbonyl (C=O) groups is 1. The molecule has 0 amide bonds. The highest BCUT2D eigenvalue weighted by Crippen LogP contribution is 2.41. The first-order valence-corrected chi connectivity index (χ1v) is 7.14. The summed E-state index contributed by atoms with van der Waals surface area (Å²) in [4.78, 5) is 12.3. The molecular weight excluding hydrogens is 240 g/mol. The number of esters is 1. The Balaban J connectivity index is 2.29. The Labute approximate surface area is 114 Å². The summed E-state index contributed by atoms with van der Waals surface area (Å²) in [5, 5.41) is 11.0. The summed E-state index contributed by atoms with van der Waals surface area (Å²) in [5.41, 5.74) is -0.824. The number of ether oxygens (including phenoxy) is 1. The fourth-order valence-corrected chi connectivity index (χ4v) is 2.86. The minimum Gasteiger partial charge on any atom is -0.463 e. The van der Waals surface area contributed by atoms with E-state index >= 15 is 0 Å². The van der Waals surface area contributed by atoms with Gasteiger partial charge in [0.2, 0.25) is 0 Å². The van der Waals surface area contributed by atoms with Gasteiger partial charge >= 0.3 is 5.97 Å². The van der Waals surface area contributed by atoms with Crippen LogP contribution in [-0.2, 0) is 15.1 Å². The second-order valence-corrected chi connectivity index (χ2v) is 5.25. The Hall–Kier alpha value is -1.35. The lowest BCUT2D eigenvalue weighted by Crippen LogP contribution is -2.43. The first-order valence-electron chi connectivity index (χ1n) is 7.14. The molecule has 2 rings (SSSR count). The number of hydrogen-bond donors (Lipinski definition) is 1. The van der Waals surface area contributed by atoms with Crippen molar-refractivity contribution >= 4 is 5.97 Å². The minimum atomic E-state index is -1.48. The van der Waals surface area contributed by atoms with Crippen LogP contribution in [-0.4, -0.2) is 17.7 Å². The molecule has 1 aliphatic rings. The van der Waals surface area contributed by atoms with Gasteiger partial charge in [0.15, 0.2) is 5.60 Å². The number of carbonyl (C=O) groups excluding carboxylic acids is 1. The molecule has 1 saturated carbocycles. The van der Waals surface area contributed by atoms with E-state index in [1.54, 1.807) is 0 Å². The van der Waals surface area contributed by atoms with Gasteiger partial charge in [0.25, 0.3) is 0 Å². The van der Waals surface area contributed by atoms with Gasteiger partial charge in [0, 0.05) is 5.92 Å². The van der Waals surface area contributed by atoms with Gasteiger partial charge in [-0.2, -0.15) is 0 Å². The van der Waals surface area contributed by atoms with Crippen LogP contribution in [0.2, 0.25) is 0 Å². The van der Waals surface area contributed by atoms with E-state index in [9.17, 15) is 9.90 Å². The van der Waals surface area contributed by atoms with Gasteiger partial charge < -0.3 is 9.84 Å². The van der Waals surface area contributed by atoms with Gasteiger partial charge in [-0.1, -0.05) is 50.1 Å². The molecule has 0 aliphatic heterocycles. The monoisotopic (exact) mass is 262 g/mol. The molecule has 0 aromatic heterocycles. The molecular formula is C16H22O3. The zero-order valence-corrected chi connectivity index (χ0v) is 11.5. The molecule has 1 aliphatic carbocycles. The molecule has 1 fully saturated rings. The minimum absolute atomic E-state index is 0.0285. The zero-order chi connectivity index (χ0) is 13.7. The summed E-state index contributed by atoms with van der Waals surface area (Å²) in [7, 11) is 0. The molecule has 0 bridgehead atoms. The Morgan fingerprint density at radius 1 is 1.32 bits per heavy atom. The van der Waals surface area contributed by atoms with Crippen LogP contribution in [0, 0.1) is 5.92 Å². The van der Waals surface area contributed by atoms with Gasteiger partial charge in [0.05, 0.1) is 6.61 Å². The fourth-order valence-electron chi connectivity index (χ4n) is 2.86. The lowest BCUT2D eigenvalue weighted by atomic mass is 9.80. The molecule has 3 nitrogen and oxygen atoms in total. The molecule has 0 radical (unpaired) electrons. The third kappa shape index (κ3) is 2.81. The Morgan fingerprint density at radius 3 is 2.53 bits per heavy atom. The Bertz CT molecular complexity index is 409. The van der Waals surface area contributed by atoms with Crippen LogP contribution in [0.15, 0.2) is 30.3 Å². The molecule has 1 atom stereocenters. The van der Waals surface area contributed by atoms with Crippen LogP contribution in [0.25, 0.3) is 0 Å². The third-order valence-corrected chi connectivity index (χ3v) is 3.91. The first-order chi connectivity index (χ1) is 9.19. The summed E-state index contributed by atoms with van der Waals surface area (Å²) in [6.07, 6.45) is 4.67. The van der Waals surface area contributed by atoms with E-state index in [0.717, 1.165) is 32.1 Å². The highest BCUT2D eigenvalue weighted by molar-refractivity contribution is 5.81. The van der Waals surface area contributed by atoms with Crippen molar-refractivity contribution in [3.8, 4) is 0 Å². The molecule has 1 N–H and O–H groups in total. The van der Waals surface area contributed by atoms with E-state index in [-0.39, 0.29) is 5.92 Å². The summed E-state index contributed by atoms with van der Waals surface area (Å²) in [6, 6.07) is 9.21. The van der Waals surface area contributed by atoms with Crippen molar-refractivity contribution < 1.29 is 14.6 Å². The number of hydrogen-bond acceptors (Lipinski definition) is 3. The summed E-state index contributed by atoms with van der Waals surface area (Å²) in [5.74, 6) is -0.522. The molecule has 104 valence electrons. The highest BCUT2D eigenvalue weighted by atomic mass is 16.5. The maximum absolute atomic E-state index is 12.3. The Kier molecular flexibility index (Phi) is 4.59. The quantitative estimate of drug-likeness (QED) is 0.830. The van der Waals surface area contributed by atoms with Crippen molar-refractivity contribution in [1.29, 1.82) is 0 Å². The Morgan fingerprint density at radius 2 is 1.95 bits per heavy atom. The lowest BCUT2D eigenvalue weighted by Gasteiger charge is -2.32. The van der Waals surface area contributed by atoms with Crippen LogP contribution in [0.3, 0.4) is 0 Å². The lowest BCUT2D eigenvalue weighted by molar-refractivity contribution is -0.173. The standard InChI is InChI=1S/C16H22O3/c1-2-12-19-15(17)16(18,14-10-6-7-11-14)13-8-4-3-5-9-13/h3-5,8-9,14,18H,2,6-7,10-12H2,1H3. The average molecular weight is 262 g/mol. The van der Waals surface area contributed by atoms with E-state index in [4.69, 9.17) is 4.74 Å². The van der Waals surface area contributed by atoms with Crippen molar-refractivity contribution in [3.05, 3.63) is 35.9 Å². The molecule has 0 saturated heterocycles. The van der Waals surface area contributed by atoms with Crippen molar-refractivity contribution in [2.75, 3.05) is 6.61 Å². The molecule has 0 spiro atoms. The van der Waals surface area contributed by atoms with Gasteiger partial charge in [-0.3, -0.25) is 0 Å². The predicted octanol–water partition coefficient (Wildman–Crippen LogP) is 3.02. The maximum Gasteiger partial charge on any atom is 0.343 e. The smallest absolute Gasteiger partial charge is 0.343 e. The second kappa shape index (κ2) is 6.20. The van der Waals surface area contributed by atoms with Crippen LogP contribution < -0.4 is 0 Å². The van der Waals surface area contributed by atoms with E-state index in [1.165, 1.54) is 0 Å². The normalized spacial score (nSPS) is 19.1. The first kappa shape index (κ1) is 14.1. The van der Waals surface area contributed by atoms with Crippen molar-refractivity contribution in [1.82, 2.24) is 0 Å². The second-order valence-electron chi connectivity index (χ2n) is 5.25. The zero-order valence-electron chi connectivity index (χ0n) is 11.5.